The second-order valence-corrected chi connectivity index (χ2v) is 10.2. The van der Waals surface area contributed by atoms with Gasteiger partial charge in [0.05, 0.1) is 17.8 Å². The average Bonchev–Trinajstić information content (AvgIpc) is 2.85. The predicted octanol–water partition coefficient (Wildman–Crippen LogP) is 4.51. The summed E-state index contributed by atoms with van der Waals surface area (Å²) in [5.74, 6) is 2.24. The van der Waals surface area contributed by atoms with Crippen LogP contribution in [0.1, 0.15) is 47.4 Å². The zero-order chi connectivity index (χ0) is 26.7. The van der Waals surface area contributed by atoms with Gasteiger partial charge < -0.3 is 15.4 Å². The number of anilines is 1. The van der Waals surface area contributed by atoms with E-state index in [9.17, 15) is 4.79 Å². The van der Waals surface area contributed by atoms with Crippen LogP contribution in [0.3, 0.4) is 0 Å². The summed E-state index contributed by atoms with van der Waals surface area (Å²) in [4.78, 5) is 26.1. The maximum atomic E-state index is 11.6. The van der Waals surface area contributed by atoms with Gasteiger partial charge in [-0.15, -0.1) is 0 Å². The van der Waals surface area contributed by atoms with Crippen molar-refractivity contribution in [1.29, 1.82) is 0 Å². The molecule has 0 radical (unpaired) electrons. The molecule has 2 heterocycles. The van der Waals surface area contributed by atoms with Gasteiger partial charge in [-0.05, 0) is 69.4 Å². The van der Waals surface area contributed by atoms with Gasteiger partial charge in [-0.25, -0.2) is 9.97 Å². The summed E-state index contributed by atoms with van der Waals surface area (Å²) in [5.41, 5.74) is 13.1. The lowest BCUT2D eigenvalue weighted by molar-refractivity contribution is -0.119. The molecule has 1 saturated heterocycles. The first-order valence-corrected chi connectivity index (χ1v) is 13.1. The number of aromatic nitrogens is 2. The van der Waals surface area contributed by atoms with Crippen LogP contribution in [0, 0.1) is 27.7 Å². The normalized spacial score (nSPS) is 16.2. The van der Waals surface area contributed by atoms with Crippen molar-refractivity contribution in [2.75, 3.05) is 31.1 Å². The number of piperazine rings is 1. The van der Waals surface area contributed by atoms with E-state index in [1.54, 1.807) is 0 Å². The topological polar surface area (TPSA) is 84.6 Å². The lowest BCUT2D eigenvalue weighted by Gasteiger charge is -2.40. The molecule has 3 aromatic rings. The summed E-state index contributed by atoms with van der Waals surface area (Å²) < 4.78 is 6.39. The first-order chi connectivity index (χ1) is 17.7. The van der Waals surface area contributed by atoms with E-state index in [-0.39, 0.29) is 18.5 Å². The Kier molecular flexibility index (Phi) is 8.13. The molecule has 0 aliphatic carbocycles. The number of nitrogens with zero attached hydrogens (tertiary/aromatic N) is 4. The van der Waals surface area contributed by atoms with Crippen molar-refractivity contribution < 1.29 is 9.53 Å². The first kappa shape index (κ1) is 26.6. The van der Waals surface area contributed by atoms with Gasteiger partial charge in [0, 0.05) is 31.2 Å². The number of benzene rings is 2. The van der Waals surface area contributed by atoms with Gasteiger partial charge >= 0.3 is 0 Å². The number of carbonyl (C=O) groups is 1. The number of amides is 1. The van der Waals surface area contributed by atoms with Crippen LogP contribution in [0.5, 0.6) is 5.75 Å². The molecule has 2 N–H and O–H groups in total. The van der Waals surface area contributed by atoms with Gasteiger partial charge in [0.2, 0.25) is 5.91 Å². The molecule has 1 aliphatic heterocycles. The van der Waals surface area contributed by atoms with Crippen molar-refractivity contribution in [3.63, 3.8) is 0 Å². The zero-order valence-electron chi connectivity index (χ0n) is 23.0. The molecule has 0 saturated carbocycles. The third kappa shape index (κ3) is 5.93. The number of hydrogen-bond acceptors (Lipinski definition) is 6. The maximum absolute atomic E-state index is 11.6. The van der Waals surface area contributed by atoms with E-state index in [1.165, 1.54) is 5.56 Å². The van der Waals surface area contributed by atoms with Crippen LogP contribution in [0.15, 0.2) is 36.4 Å². The second kappa shape index (κ2) is 11.3. The molecular weight excluding hydrogens is 462 g/mol. The Bertz CT molecular complexity index is 1270. The van der Waals surface area contributed by atoms with Crippen LogP contribution < -0.4 is 15.4 Å². The summed E-state index contributed by atoms with van der Waals surface area (Å²) in [6, 6.07) is 12.8. The molecule has 1 aromatic heterocycles. The van der Waals surface area contributed by atoms with E-state index in [4.69, 9.17) is 20.4 Å². The second-order valence-electron chi connectivity index (χ2n) is 10.2. The van der Waals surface area contributed by atoms with Crippen molar-refractivity contribution in [2.45, 2.75) is 60.6 Å². The summed E-state index contributed by atoms with van der Waals surface area (Å²) in [6.07, 6.45) is 0.960. The number of aryl methyl sites for hydroxylation is 5. The number of primary amides is 1. The van der Waals surface area contributed by atoms with Gasteiger partial charge in [0.1, 0.15) is 18.2 Å². The van der Waals surface area contributed by atoms with Gasteiger partial charge in [-0.2, -0.15) is 0 Å². The van der Waals surface area contributed by atoms with E-state index in [1.807, 2.05) is 6.92 Å². The highest BCUT2D eigenvalue weighted by atomic mass is 16.5. The standard InChI is InChI=1S/C30H39N5O2/c1-7-24-12-11-19(2)26(15-24)37-18-25-23(6)32-29(28-20(3)9-8-10-21(28)4)33-30(25)35-14-13-34(17-27(31)36)22(5)16-35/h8-12,15,22H,7,13-14,16-18H2,1-6H3,(H2,31,36)/t22-/m1/s1. The minimum Gasteiger partial charge on any atom is -0.488 e. The minimum atomic E-state index is -0.297. The Labute approximate surface area is 220 Å². The Balaban J connectivity index is 1.73. The molecule has 4 rings (SSSR count). The molecule has 37 heavy (non-hydrogen) atoms. The van der Waals surface area contributed by atoms with E-state index in [0.29, 0.717) is 6.61 Å². The Morgan fingerprint density at radius 2 is 1.78 bits per heavy atom. The molecule has 7 nitrogen and oxygen atoms in total. The lowest BCUT2D eigenvalue weighted by Crippen LogP contribution is -2.54. The fraction of sp³-hybridized carbons (Fsp3) is 0.433. The third-order valence-electron chi connectivity index (χ3n) is 7.35. The predicted molar refractivity (Wildman–Crippen MR) is 149 cm³/mol. The Hall–Kier alpha value is -3.45. The monoisotopic (exact) mass is 501 g/mol. The first-order valence-electron chi connectivity index (χ1n) is 13.1. The number of carbonyl (C=O) groups excluding carboxylic acids is 1. The number of hydrogen-bond donors (Lipinski definition) is 1. The highest BCUT2D eigenvalue weighted by Crippen LogP contribution is 2.31. The minimum absolute atomic E-state index is 0.164. The molecule has 196 valence electrons. The van der Waals surface area contributed by atoms with Crippen LogP contribution in [0.25, 0.3) is 11.4 Å². The fourth-order valence-corrected chi connectivity index (χ4v) is 5.08. The van der Waals surface area contributed by atoms with E-state index in [0.717, 1.165) is 77.0 Å². The Morgan fingerprint density at radius 1 is 1.05 bits per heavy atom. The molecule has 1 atom stereocenters. The summed E-state index contributed by atoms with van der Waals surface area (Å²) >= 11 is 0. The highest BCUT2D eigenvalue weighted by Gasteiger charge is 2.28. The Morgan fingerprint density at radius 3 is 2.43 bits per heavy atom. The van der Waals surface area contributed by atoms with Crippen LogP contribution in [-0.4, -0.2) is 53.0 Å². The van der Waals surface area contributed by atoms with Crippen LogP contribution in [-0.2, 0) is 17.8 Å². The highest BCUT2D eigenvalue weighted by molar-refractivity contribution is 5.76. The van der Waals surface area contributed by atoms with Crippen molar-refractivity contribution in [3.05, 3.63) is 69.9 Å². The molecule has 0 unspecified atom stereocenters. The van der Waals surface area contributed by atoms with Crippen LogP contribution in [0.2, 0.25) is 0 Å². The van der Waals surface area contributed by atoms with Gasteiger partial charge in [0.15, 0.2) is 5.82 Å². The molecule has 1 amide bonds. The third-order valence-corrected chi connectivity index (χ3v) is 7.35. The van der Waals surface area contributed by atoms with E-state index in [2.05, 4.69) is 80.8 Å². The van der Waals surface area contributed by atoms with Crippen LogP contribution in [0.4, 0.5) is 5.82 Å². The van der Waals surface area contributed by atoms with Gasteiger partial charge in [-0.3, -0.25) is 9.69 Å². The van der Waals surface area contributed by atoms with E-state index < -0.39 is 0 Å². The summed E-state index contributed by atoms with van der Waals surface area (Å²) in [5, 5.41) is 0. The molecule has 2 aromatic carbocycles. The lowest BCUT2D eigenvalue weighted by atomic mass is 10.0. The smallest absolute Gasteiger partial charge is 0.231 e. The number of rotatable bonds is 8. The SMILES string of the molecule is CCc1ccc(C)c(OCc2c(C)nc(-c3c(C)cccc3C)nc2N2CCN(CC(N)=O)[C@H](C)C2)c1. The van der Waals surface area contributed by atoms with Gasteiger partial charge in [-0.1, -0.05) is 37.3 Å². The maximum Gasteiger partial charge on any atom is 0.231 e. The summed E-state index contributed by atoms with van der Waals surface area (Å²) in [6.45, 7) is 15.5. The molecule has 0 bridgehead atoms. The van der Waals surface area contributed by atoms with Crippen molar-refractivity contribution in [3.8, 4) is 17.1 Å². The van der Waals surface area contributed by atoms with Crippen molar-refractivity contribution >= 4 is 11.7 Å². The van der Waals surface area contributed by atoms with Crippen molar-refractivity contribution in [1.82, 2.24) is 14.9 Å². The summed E-state index contributed by atoms with van der Waals surface area (Å²) in [7, 11) is 0. The molecule has 1 aliphatic rings. The molecule has 0 spiro atoms. The molecule has 1 fully saturated rings. The van der Waals surface area contributed by atoms with Gasteiger partial charge in [0.25, 0.3) is 0 Å². The van der Waals surface area contributed by atoms with Crippen LogP contribution >= 0.6 is 0 Å². The molecule has 7 heteroatoms. The number of ether oxygens (including phenoxy) is 1. The van der Waals surface area contributed by atoms with E-state index >= 15 is 0 Å². The largest absolute Gasteiger partial charge is 0.488 e. The number of nitrogens with two attached hydrogens (primary N) is 1. The quantitative estimate of drug-likeness (QED) is 0.489. The fourth-order valence-electron chi connectivity index (χ4n) is 5.08. The zero-order valence-corrected chi connectivity index (χ0v) is 23.0. The molecular formula is C30H39N5O2. The average molecular weight is 502 g/mol. The van der Waals surface area contributed by atoms with Crippen molar-refractivity contribution in [2.24, 2.45) is 5.73 Å².